The van der Waals surface area contributed by atoms with Crippen molar-refractivity contribution in [2.24, 2.45) is 5.41 Å². The molecule has 0 N–H and O–H groups in total. The summed E-state index contributed by atoms with van der Waals surface area (Å²) in [6.45, 7) is 4.82. The van der Waals surface area contributed by atoms with Crippen LogP contribution < -0.4 is 4.90 Å². The average Bonchev–Trinajstić information content (AvgIpc) is 3.38. The minimum absolute atomic E-state index is 0.0184. The molecule has 0 bridgehead atoms. The lowest BCUT2D eigenvalue weighted by atomic mass is 10.0. The minimum atomic E-state index is -0.830. The fourth-order valence-corrected chi connectivity index (χ4v) is 3.02. The first-order valence-corrected chi connectivity index (χ1v) is 7.93. The summed E-state index contributed by atoms with van der Waals surface area (Å²) < 4.78 is 5.29. The Balaban J connectivity index is 1.79. The molecule has 1 aromatic rings. The van der Waals surface area contributed by atoms with Crippen LogP contribution in [0, 0.1) is 5.41 Å². The van der Waals surface area contributed by atoms with E-state index >= 15 is 0 Å². The van der Waals surface area contributed by atoms with Gasteiger partial charge in [0.1, 0.15) is 5.41 Å². The molecule has 2 fully saturated rings. The van der Waals surface area contributed by atoms with Gasteiger partial charge in [-0.25, -0.2) is 0 Å². The Kier molecular flexibility index (Phi) is 4.16. The van der Waals surface area contributed by atoms with Crippen LogP contribution in [0.25, 0.3) is 0 Å². The van der Waals surface area contributed by atoms with Crippen molar-refractivity contribution in [1.29, 1.82) is 0 Å². The number of benzene rings is 1. The second kappa shape index (κ2) is 6.08. The molecule has 0 aromatic heterocycles. The van der Waals surface area contributed by atoms with E-state index in [1.54, 1.807) is 9.80 Å². The Morgan fingerprint density at radius 3 is 2.36 bits per heavy atom. The number of morpholine rings is 1. The van der Waals surface area contributed by atoms with Crippen molar-refractivity contribution in [2.45, 2.75) is 19.8 Å². The molecule has 2 amide bonds. The molecule has 1 aromatic carbocycles. The molecular weight excluding hydrogens is 280 g/mol. The topological polar surface area (TPSA) is 49.9 Å². The maximum absolute atomic E-state index is 13.0. The Labute approximate surface area is 130 Å². The second-order valence-corrected chi connectivity index (χ2v) is 5.87. The SMILES string of the molecule is CCN(C(=O)C1(C(=O)N2CCOCC2)CC1)c1ccccc1. The third-order valence-corrected chi connectivity index (χ3v) is 4.50. The van der Waals surface area contributed by atoms with Crippen LogP contribution >= 0.6 is 0 Å². The molecule has 5 heteroatoms. The van der Waals surface area contributed by atoms with Crippen LogP contribution in [0.15, 0.2) is 30.3 Å². The predicted octanol–water partition coefficient (Wildman–Crippen LogP) is 1.68. The van der Waals surface area contributed by atoms with Gasteiger partial charge in [-0.05, 0) is 31.9 Å². The summed E-state index contributed by atoms with van der Waals surface area (Å²) in [5.74, 6) is -0.0760. The molecule has 2 aliphatic rings. The van der Waals surface area contributed by atoms with E-state index in [2.05, 4.69) is 0 Å². The Bertz CT molecular complexity index is 548. The molecule has 0 spiro atoms. The van der Waals surface area contributed by atoms with Gasteiger partial charge in [0.05, 0.1) is 13.2 Å². The van der Waals surface area contributed by atoms with Crippen LogP contribution in [0.4, 0.5) is 5.69 Å². The van der Waals surface area contributed by atoms with Crippen LogP contribution in [-0.2, 0) is 14.3 Å². The van der Waals surface area contributed by atoms with Crippen molar-refractivity contribution < 1.29 is 14.3 Å². The summed E-state index contributed by atoms with van der Waals surface area (Å²) >= 11 is 0. The molecule has 1 heterocycles. The zero-order valence-corrected chi connectivity index (χ0v) is 13.0. The van der Waals surface area contributed by atoms with E-state index in [4.69, 9.17) is 4.74 Å². The van der Waals surface area contributed by atoms with Gasteiger partial charge in [0, 0.05) is 25.3 Å². The van der Waals surface area contributed by atoms with Crippen molar-refractivity contribution in [3.63, 3.8) is 0 Å². The van der Waals surface area contributed by atoms with Crippen LogP contribution in [0.2, 0.25) is 0 Å². The standard InChI is InChI=1S/C17H22N2O3/c1-2-19(14-6-4-3-5-7-14)16(21)17(8-9-17)15(20)18-10-12-22-13-11-18/h3-7H,2,8-13H2,1H3. The van der Waals surface area contributed by atoms with Crippen LogP contribution in [-0.4, -0.2) is 49.6 Å². The third-order valence-electron chi connectivity index (χ3n) is 4.50. The fourth-order valence-electron chi connectivity index (χ4n) is 3.02. The first kappa shape index (κ1) is 15.0. The molecule has 1 saturated heterocycles. The van der Waals surface area contributed by atoms with Gasteiger partial charge in [-0.2, -0.15) is 0 Å². The number of carbonyl (C=O) groups is 2. The van der Waals surface area contributed by atoms with Crippen LogP contribution in [0.5, 0.6) is 0 Å². The largest absolute Gasteiger partial charge is 0.378 e. The van der Waals surface area contributed by atoms with Crippen LogP contribution in [0.1, 0.15) is 19.8 Å². The lowest BCUT2D eigenvalue weighted by molar-refractivity contribution is -0.146. The van der Waals surface area contributed by atoms with Gasteiger partial charge in [-0.1, -0.05) is 18.2 Å². The molecule has 0 unspecified atom stereocenters. The lowest BCUT2D eigenvalue weighted by Gasteiger charge is -2.32. The van der Waals surface area contributed by atoms with E-state index in [1.807, 2.05) is 37.3 Å². The molecular formula is C17H22N2O3. The Morgan fingerprint density at radius 1 is 1.18 bits per heavy atom. The van der Waals surface area contributed by atoms with Gasteiger partial charge in [-0.15, -0.1) is 0 Å². The maximum atomic E-state index is 13.0. The van der Waals surface area contributed by atoms with E-state index in [9.17, 15) is 9.59 Å². The van der Waals surface area contributed by atoms with E-state index in [0.717, 1.165) is 5.69 Å². The predicted molar refractivity (Wildman–Crippen MR) is 83.5 cm³/mol. The molecule has 5 nitrogen and oxygen atoms in total. The summed E-state index contributed by atoms with van der Waals surface area (Å²) in [5.41, 5.74) is 0.0273. The molecule has 22 heavy (non-hydrogen) atoms. The van der Waals surface area contributed by atoms with Gasteiger partial charge >= 0.3 is 0 Å². The van der Waals surface area contributed by atoms with Gasteiger partial charge in [-0.3, -0.25) is 9.59 Å². The van der Waals surface area contributed by atoms with E-state index in [-0.39, 0.29) is 11.8 Å². The zero-order valence-electron chi connectivity index (χ0n) is 13.0. The summed E-state index contributed by atoms with van der Waals surface area (Å²) in [4.78, 5) is 29.3. The highest BCUT2D eigenvalue weighted by Gasteiger charge is 2.59. The number of nitrogens with zero attached hydrogens (tertiary/aromatic N) is 2. The number of hydrogen-bond donors (Lipinski definition) is 0. The van der Waals surface area contributed by atoms with Crippen molar-refractivity contribution in [3.05, 3.63) is 30.3 Å². The number of carbonyl (C=O) groups excluding carboxylic acids is 2. The summed E-state index contributed by atoms with van der Waals surface area (Å²) in [6.07, 6.45) is 1.32. The smallest absolute Gasteiger partial charge is 0.242 e. The maximum Gasteiger partial charge on any atom is 0.242 e. The average molecular weight is 302 g/mol. The highest BCUT2D eigenvalue weighted by molar-refractivity contribution is 6.14. The van der Waals surface area contributed by atoms with Gasteiger partial charge in [0.25, 0.3) is 0 Å². The number of ether oxygens (including phenoxy) is 1. The Morgan fingerprint density at radius 2 is 1.82 bits per heavy atom. The molecule has 0 atom stereocenters. The zero-order chi connectivity index (χ0) is 15.6. The van der Waals surface area contributed by atoms with Crippen molar-refractivity contribution in [3.8, 4) is 0 Å². The van der Waals surface area contributed by atoms with Gasteiger partial charge < -0.3 is 14.5 Å². The van der Waals surface area contributed by atoms with Gasteiger partial charge in [0.2, 0.25) is 11.8 Å². The number of hydrogen-bond acceptors (Lipinski definition) is 3. The minimum Gasteiger partial charge on any atom is -0.378 e. The number of para-hydroxylation sites is 1. The number of amides is 2. The highest BCUT2D eigenvalue weighted by atomic mass is 16.5. The summed E-state index contributed by atoms with van der Waals surface area (Å²) in [6, 6.07) is 9.57. The summed E-state index contributed by atoms with van der Waals surface area (Å²) in [5, 5.41) is 0. The normalized spacial score (nSPS) is 19.6. The molecule has 1 aliphatic carbocycles. The van der Waals surface area contributed by atoms with Crippen molar-refractivity contribution in [1.82, 2.24) is 4.90 Å². The monoisotopic (exact) mass is 302 g/mol. The van der Waals surface area contributed by atoms with E-state index in [0.29, 0.717) is 45.7 Å². The van der Waals surface area contributed by atoms with Crippen LogP contribution in [0.3, 0.4) is 0 Å². The Hall–Kier alpha value is -1.88. The highest BCUT2D eigenvalue weighted by Crippen LogP contribution is 2.49. The van der Waals surface area contributed by atoms with Crippen molar-refractivity contribution >= 4 is 17.5 Å². The first-order chi connectivity index (χ1) is 10.7. The first-order valence-electron chi connectivity index (χ1n) is 7.93. The fraction of sp³-hybridized carbons (Fsp3) is 0.529. The molecule has 0 radical (unpaired) electrons. The second-order valence-electron chi connectivity index (χ2n) is 5.87. The summed E-state index contributed by atoms with van der Waals surface area (Å²) in [7, 11) is 0. The van der Waals surface area contributed by atoms with Gasteiger partial charge in [0.15, 0.2) is 0 Å². The lowest BCUT2D eigenvalue weighted by Crippen LogP contribution is -2.50. The quantitative estimate of drug-likeness (QED) is 0.795. The molecule has 118 valence electrons. The van der Waals surface area contributed by atoms with E-state index < -0.39 is 5.41 Å². The van der Waals surface area contributed by atoms with Crippen molar-refractivity contribution in [2.75, 3.05) is 37.7 Å². The van der Waals surface area contributed by atoms with E-state index in [1.165, 1.54) is 0 Å². The third kappa shape index (κ3) is 2.61. The molecule has 3 rings (SSSR count). The molecule has 1 saturated carbocycles. The number of rotatable bonds is 4. The number of anilines is 1. The molecule has 1 aliphatic heterocycles.